The highest BCUT2D eigenvalue weighted by Crippen LogP contribution is 2.25. The van der Waals surface area contributed by atoms with Crippen molar-refractivity contribution in [2.75, 3.05) is 0 Å². The van der Waals surface area contributed by atoms with E-state index in [4.69, 9.17) is 0 Å². The van der Waals surface area contributed by atoms with E-state index in [1.165, 1.54) is 0 Å². The molecule has 0 saturated carbocycles. The monoisotopic (exact) mass is 239 g/mol. The van der Waals surface area contributed by atoms with Gasteiger partial charge < -0.3 is 9.67 Å². The van der Waals surface area contributed by atoms with Gasteiger partial charge in [-0.2, -0.15) is 0 Å². The predicted molar refractivity (Wildman–Crippen MR) is 54.0 cm³/mol. The molecule has 0 spiro atoms. The molecule has 2 aromatic heterocycles. The Morgan fingerprint density at radius 3 is 3.08 bits per heavy atom. The van der Waals surface area contributed by atoms with E-state index in [1.807, 2.05) is 12.1 Å². The first-order valence-electron chi connectivity index (χ1n) is 3.82. The minimum absolute atomic E-state index is 0.733. The van der Waals surface area contributed by atoms with E-state index in [2.05, 4.69) is 27.8 Å². The van der Waals surface area contributed by atoms with Crippen molar-refractivity contribution in [3.63, 3.8) is 0 Å². The van der Waals surface area contributed by atoms with Crippen LogP contribution in [0, 0.1) is 6.92 Å². The number of nitrogens with zero attached hydrogens (tertiary/aromatic N) is 2. The van der Waals surface area contributed by atoms with Crippen LogP contribution in [0.25, 0.3) is 11.0 Å². The van der Waals surface area contributed by atoms with Crippen LogP contribution in [0.3, 0.4) is 0 Å². The molecule has 0 fully saturated rings. The van der Waals surface area contributed by atoms with Gasteiger partial charge >= 0.3 is 0 Å². The molecule has 0 saturated heterocycles. The van der Waals surface area contributed by atoms with Gasteiger partial charge in [0.15, 0.2) is 0 Å². The van der Waals surface area contributed by atoms with Gasteiger partial charge in [0.1, 0.15) is 11.9 Å². The largest absolute Gasteiger partial charge is 0.373 e. The number of aromatic nitrogens is 2. The Balaban J connectivity index is 2.78. The predicted octanol–water partition coefficient (Wildman–Crippen LogP) is 2.12. The normalized spacial score (nSPS) is 13.5. The van der Waals surface area contributed by atoms with Crippen LogP contribution < -0.4 is 0 Å². The molecular weight excluding hydrogens is 232 g/mol. The van der Waals surface area contributed by atoms with E-state index >= 15 is 0 Å². The van der Waals surface area contributed by atoms with Gasteiger partial charge in [0.25, 0.3) is 0 Å². The molecule has 0 aliphatic rings. The Morgan fingerprint density at radius 1 is 1.62 bits per heavy atom. The van der Waals surface area contributed by atoms with Crippen LogP contribution in [-0.2, 0) is 0 Å². The number of rotatable bonds is 1. The molecule has 0 bridgehead atoms. The van der Waals surface area contributed by atoms with Gasteiger partial charge in [-0.3, -0.25) is 0 Å². The number of fused-ring (bicyclic) bond motifs is 1. The summed E-state index contributed by atoms with van der Waals surface area (Å²) >= 11 is 3.39. The second-order valence-electron chi connectivity index (χ2n) is 2.74. The fourth-order valence-electron chi connectivity index (χ4n) is 1.27. The van der Waals surface area contributed by atoms with Gasteiger partial charge in [-0.25, -0.2) is 4.98 Å². The third-order valence-corrected chi connectivity index (χ3v) is 2.49. The first-order valence-corrected chi connectivity index (χ1v) is 4.61. The molecule has 0 aromatic carbocycles. The summed E-state index contributed by atoms with van der Waals surface area (Å²) < 4.78 is 2.53. The molecule has 0 amide bonds. The summed E-state index contributed by atoms with van der Waals surface area (Å²) in [5, 5.41) is 10.3. The average molecular weight is 240 g/mol. The highest BCUT2D eigenvalue weighted by atomic mass is 79.9. The van der Waals surface area contributed by atoms with E-state index in [-0.39, 0.29) is 0 Å². The number of hydrogen-bond donors (Lipinski definition) is 1. The zero-order valence-corrected chi connectivity index (χ0v) is 8.40. The van der Waals surface area contributed by atoms with E-state index < -0.39 is 6.23 Å². The Morgan fingerprint density at radius 2 is 2.38 bits per heavy atom. The SMILES string of the molecule is [CH2]C(O)n1cc(Br)c2cccnc21. The lowest BCUT2D eigenvalue weighted by atomic mass is 10.3. The molecule has 4 heteroatoms. The summed E-state index contributed by atoms with van der Waals surface area (Å²) in [5.41, 5.74) is 0.733. The highest BCUT2D eigenvalue weighted by Gasteiger charge is 2.09. The fraction of sp³-hybridized carbons (Fsp3) is 0.111. The first-order chi connectivity index (χ1) is 6.20. The topological polar surface area (TPSA) is 38.0 Å². The maximum Gasteiger partial charge on any atom is 0.143 e. The quantitative estimate of drug-likeness (QED) is 0.829. The number of aliphatic hydroxyl groups is 1. The summed E-state index contributed by atoms with van der Waals surface area (Å²) in [4.78, 5) is 4.16. The minimum atomic E-state index is -0.802. The zero-order valence-electron chi connectivity index (χ0n) is 6.81. The van der Waals surface area contributed by atoms with Gasteiger partial charge in [-0.1, -0.05) is 0 Å². The smallest absolute Gasteiger partial charge is 0.143 e. The van der Waals surface area contributed by atoms with Crippen molar-refractivity contribution < 1.29 is 5.11 Å². The van der Waals surface area contributed by atoms with E-state index in [0.717, 1.165) is 15.5 Å². The molecule has 2 rings (SSSR count). The summed E-state index contributed by atoms with van der Waals surface area (Å²) in [6, 6.07) is 3.79. The van der Waals surface area contributed by atoms with Crippen molar-refractivity contribution in [1.82, 2.24) is 9.55 Å². The van der Waals surface area contributed by atoms with Crippen molar-refractivity contribution in [3.05, 3.63) is 35.9 Å². The Bertz CT molecular complexity index is 436. The highest BCUT2D eigenvalue weighted by molar-refractivity contribution is 9.10. The maximum atomic E-state index is 9.33. The second-order valence-corrected chi connectivity index (χ2v) is 3.59. The number of aliphatic hydroxyl groups excluding tert-OH is 1. The Kier molecular flexibility index (Phi) is 2.09. The standard InChI is InChI=1S/C9H8BrN2O/c1-6(13)12-5-8(10)7-3-2-4-11-9(7)12/h2-6,13H,1H2. The molecule has 67 valence electrons. The average Bonchev–Trinajstić information content (AvgIpc) is 2.45. The molecular formula is C9H8BrN2O. The minimum Gasteiger partial charge on any atom is -0.373 e. The molecule has 3 nitrogen and oxygen atoms in total. The van der Waals surface area contributed by atoms with Crippen LogP contribution in [0.15, 0.2) is 29.0 Å². The summed E-state index contributed by atoms with van der Waals surface area (Å²) in [7, 11) is 0. The van der Waals surface area contributed by atoms with E-state index in [9.17, 15) is 5.11 Å². The third-order valence-electron chi connectivity index (χ3n) is 1.86. The fourth-order valence-corrected chi connectivity index (χ4v) is 1.80. The molecule has 2 heterocycles. The molecule has 1 N–H and O–H groups in total. The van der Waals surface area contributed by atoms with Crippen LogP contribution in [-0.4, -0.2) is 14.7 Å². The lowest BCUT2D eigenvalue weighted by Crippen LogP contribution is -2.02. The third kappa shape index (κ3) is 1.36. The van der Waals surface area contributed by atoms with Gasteiger partial charge in [-0.05, 0) is 35.0 Å². The van der Waals surface area contributed by atoms with Gasteiger partial charge in [-0.15, -0.1) is 0 Å². The molecule has 0 aliphatic carbocycles. The number of hydrogen-bond acceptors (Lipinski definition) is 2. The lowest BCUT2D eigenvalue weighted by Gasteiger charge is -2.05. The van der Waals surface area contributed by atoms with Crippen molar-refractivity contribution >= 4 is 27.0 Å². The Labute approximate surface area is 84.1 Å². The van der Waals surface area contributed by atoms with Crippen molar-refractivity contribution in [2.45, 2.75) is 6.23 Å². The van der Waals surface area contributed by atoms with Gasteiger partial charge in [0.2, 0.25) is 0 Å². The maximum absolute atomic E-state index is 9.33. The van der Waals surface area contributed by atoms with E-state index in [1.54, 1.807) is 17.0 Å². The summed E-state index contributed by atoms with van der Waals surface area (Å²) in [6.07, 6.45) is 2.66. The van der Waals surface area contributed by atoms with Crippen molar-refractivity contribution in [3.8, 4) is 0 Å². The molecule has 1 radical (unpaired) electrons. The van der Waals surface area contributed by atoms with Gasteiger partial charge in [0.05, 0.1) is 0 Å². The van der Waals surface area contributed by atoms with Crippen LogP contribution in [0.4, 0.5) is 0 Å². The summed E-state index contributed by atoms with van der Waals surface area (Å²) in [6.45, 7) is 3.53. The number of halogens is 1. The van der Waals surface area contributed by atoms with Crippen molar-refractivity contribution in [2.24, 2.45) is 0 Å². The van der Waals surface area contributed by atoms with Crippen LogP contribution in [0.5, 0.6) is 0 Å². The van der Waals surface area contributed by atoms with Crippen molar-refractivity contribution in [1.29, 1.82) is 0 Å². The van der Waals surface area contributed by atoms with Crippen LogP contribution >= 0.6 is 15.9 Å². The zero-order chi connectivity index (χ0) is 9.42. The summed E-state index contributed by atoms with van der Waals surface area (Å²) in [5.74, 6) is 0. The van der Waals surface area contributed by atoms with Crippen LogP contribution in [0.2, 0.25) is 0 Å². The molecule has 0 aliphatic heterocycles. The molecule has 13 heavy (non-hydrogen) atoms. The number of pyridine rings is 1. The van der Waals surface area contributed by atoms with Crippen LogP contribution in [0.1, 0.15) is 6.23 Å². The second kappa shape index (κ2) is 3.12. The molecule has 1 unspecified atom stereocenters. The Hall–Kier alpha value is -0.870. The first kappa shape index (κ1) is 8.72. The molecule has 2 aromatic rings. The van der Waals surface area contributed by atoms with E-state index in [0.29, 0.717) is 0 Å². The lowest BCUT2D eigenvalue weighted by molar-refractivity contribution is 0.156. The van der Waals surface area contributed by atoms with Gasteiger partial charge in [0, 0.05) is 22.3 Å². The molecule has 1 atom stereocenters.